The molecule has 4 aromatic carbocycles. The fourth-order valence-corrected chi connectivity index (χ4v) is 5.27. The number of halogens is 2. The van der Waals surface area contributed by atoms with E-state index in [2.05, 4.69) is 107 Å². The molecule has 0 spiro atoms. The third kappa shape index (κ3) is 5.14. The van der Waals surface area contributed by atoms with E-state index in [9.17, 15) is 0 Å². The summed E-state index contributed by atoms with van der Waals surface area (Å²) in [7, 11) is 0. The Balaban J connectivity index is 0.00000136. The summed E-state index contributed by atoms with van der Waals surface area (Å²) >= 11 is 0. The zero-order valence-electron chi connectivity index (χ0n) is 20.0. The van der Waals surface area contributed by atoms with Crippen molar-refractivity contribution in [2.24, 2.45) is 0 Å². The minimum Gasteiger partial charge on any atom is -1.00 e. The number of rotatable bonds is 4. The summed E-state index contributed by atoms with van der Waals surface area (Å²) in [5.74, 6) is 0.297. The van der Waals surface area contributed by atoms with E-state index in [1.807, 2.05) is 0 Å². The van der Waals surface area contributed by atoms with Crippen LogP contribution in [-0.4, -0.2) is 0 Å². The maximum atomic E-state index is 5.16. The van der Waals surface area contributed by atoms with Gasteiger partial charge in [0.2, 0.25) is 0 Å². The Morgan fingerprint density at radius 3 is 2.12 bits per heavy atom. The zero-order valence-corrected chi connectivity index (χ0v) is 23.1. The molecule has 1 unspecified atom stereocenters. The van der Waals surface area contributed by atoms with Crippen LogP contribution in [-0.2, 0) is 28.3 Å². The Bertz CT molecular complexity index is 1320. The first kappa shape index (κ1) is 28.2. The van der Waals surface area contributed by atoms with E-state index < -0.39 is 0 Å². The summed E-state index contributed by atoms with van der Waals surface area (Å²) in [6, 6.07) is 26.6. The number of nitrogens with zero attached hydrogens (tertiary/aromatic N) is 1. The van der Waals surface area contributed by atoms with Gasteiger partial charge in [0.15, 0.2) is 0 Å². The third-order valence-electron chi connectivity index (χ3n) is 6.56. The van der Waals surface area contributed by atoms with Crippen LogP contribution in [0.25, 0.3) is 22.2 Å². The smallest absolute Gasteiger partial charge is 1.00 e. The van der Waals surface area contributed by atoms with Gasteiger partial charge in [0, 0.05) is 5.92 Å². The maximum Gasteiger partial charge on any atom is 3.00 e. The van der Waals surface area contributed by atoms with E-state index in [1.54, 1.807) is 0 Å². The van der Waals surface area contributed by atoms with Crippen LogP contribution in [0, 0.1) is 20.8 Å². The normalized spacial score (nSPS) is 13.8. The van der Waals surface area contributed by atoms with Crippen LogP contribution in [0.3, 0.4) is 0 Å². The molecule has 0 fully saturated rings. The van der Waals surface area contributed by atoms with Crippen molar-refractivity contribution in [3.8, 4) is 0 Å². The van der Waals surface area contributed by atoms with Crippen LogP contribution >= 0.6 is 0 Å². The molecule has 4 aromatic rings. The van der Waals surface area contributed by atoms with Crippen LogP contribution in [0.4, 0.5) is 5.69 Å². The molecule has 0 aromatic heterocycles. The Hall–Kier alpha value is -2.03. The first-order chi connectivity index (χ1) is 15.0. The van der Waals surface area contributed by atoms with Crippen molar-refractivity contribution in [3.05, 3.63) is 123 Å². The van der Waals surface area contributed by atoms with Crippen LogP contribution in [0.2, 0.25) is 0 Å². The molecule has 34 heavy (non-hydrogen) atoms. The van der Waals surface area contributed by atoms with E-state index in [0.29, 0.717) is 12.5 Å². The Morgan fingerprint density at radius 2 is 1.38 bits per heavy atom. The van der Waals surface area contributed by atoms with Gasteiger partial charge in [-0.2, -0.15) is 0 Å². The quantitative estimate of drug-likeness (QED) is 0.367. The molecule has 5 rings (SSSR count). The minimum absolute atomic E-state index is 0. The predicted octanol–water partition coefficient (Wildman–Crippen LogP) is 2.52. The van der Waals surface area contributed by atoms with Gasteiger partial charge in [-0.15, -0.1) is 12.2 Å². The van der Waals surface area contributed by atoms with Crippen molar-refractivity contribution in [1.82, 2.24) is 0 Å². The summed E-state index contributed by atoms with van der Waals surface area (Å²) < 4.78 is 0. The zero-order chi connectivity index (χ0) is 21.5. The van der Waals surface area contributed by atoms with E-state index in [-0.39, 0.29) is 46.5 Å². The second-order valence-electron chi connectivity index (χ2n) is 8.87. The molecule has 0 saturated heterocycles. The molecule has 1 aliphatic rings. The van der Waals surface area contributed by atoms with Crippen LogP contribution < -0.4 is 24.8 Å². The molecular weight excluding hydrogens is 493 g/mol. The maximum absolute atomic E-state index is 5.16. The van der Waals surface area contributed by atoms with Crippen molar-refractivity contribution >= 4 is 22.5 Å². The second-order valence-corrected chi connectivity index (χ2v) is 8.87. The molecule has 1 aliphatic carbocycles. The van der Waals surface area contributed by atoms with Gasteiger partial charge in [0.1, 0.15) is 0 Å². The minimum atomic E-state index is 0. The van der Waals surface area contributed by atoms with E-state index in [0.717, 1.165) is 5.69 Å². The van der Waals surface area contributed by atoms with Crippen molar-refractivity contribution < 1.29 is 46.5 Å². The fourth-order valence-electron chi connectivity index (χ4n) is 5.27. The predicted molar refractivity (Wildman–Crippen MR) is 133 cm³/mol. The van der Waals surface area contributed by atoms with Crippen LogP contribution in [0.5, 0.6) is 0 Å². The molecule has 1 radical (unpaired) electrons. The van der Waals surface area contributed by atoms with Crippen LogP contribution in [0.15, 0.2) is 78.4 Å². The number of hydrogen-bond acceptors (Lipinski definition) is 0. The largest absolute Gasteiger partial charge is 3.00 e. The van der Waals surface area contributed by atoms with Crippen molar-refractivity contribution in [1.29, 1.82) is 0 Å². The summed E-state index contributed by atoms with van der Waals surface area (Å²) in [5, 5.41) is 7.75. The van der Waals surface area contributed by atoms with Crippen LogP contribution in [0.1, 0.15) is 51.8 Å². The molecule has 0 bridgehead atoms. The van der Waals surface area contributed by atoms with E-state index >= 15 is 0 Å². The first-order valence-corrected chi connectivity index (χ1v) is 11.1. The van der Waals surface area contributed by atoms with Gasteiger partial charge in [-0.05, 0) is 55.2 Å². The van der Waals surface area contributed by atoms with Gasteiger partial charge in [-0.1, -0.05) is 107 Å². The van der Waals surface area contributed by atoms with Gasteiger partial charge in [0.05, 0.1) is 0 Å². The SMILES string of the molecule is CC1=Cc2ccccc2C1c1ccc2ccccc2c1C[N-]c1c(C)cc(C)cc1C.[Cl-].[Cl-].[Ti+3]. The molecule has 0 aliphatic heterocycles. The van der Waals surface area contributed by atoms with E-state index in [4.69, 9.17) is 5.32 Å². The van der Waals surface area contributed by atoms with Gasteiger partial charge >= 0.3 is 21.7 Å². The number of allylic oxidation sites excluding steroid dienone is 1. The Labute approximate surface area is 230 Å². The molecule has 0 heterocycles. The molecule has 4 heteroatoms. The van der Waals surface area contributed by atoms with Gasteiger partial charge in [-0.25, -0.2) is 0 Å². The molecule has 1 nitrogen and oxygen atoms in total. The molecule has 0 N–H and O–H groups in total. The molecule has 171 valence electrons. The van der Waals surface area contributed by atoms with Gasteiger partial charge < -0.3 is 30.1 Å². The van der Waals surface area contributed by atoms with Crippen molar-refractivity contribution in [3.63, 3.8) is 0 Å². The summed E-state index contributed by atoms with van der Waals surface area (Å²) in [6.45, 7) is 9.44. The monoisotopic (exact) mass is 520 g/mol. The second kappa shape index (κ2) is 11.6. The summed E-state index contributed by atoms with van der Waals surface area (Å²) in [4.78, 5) is 0. The van der Waals surface area contributed by atoms with Gasteiger partial charge in [-0.3, -0.25) is 0 Å². The Morgan fingerprint density at radius 1 is 0.735 bits per heavy atom. The third-order valence-corrected chi connectivity index (χ3v) is 6.56. The summed E-state index contributed by atoms with van der Waals surface area (Å²) in [6.07, 6.45) is 2.34. The average Bonchev–Trinajstić information content (AvgIpc) is 3.08. The average molecular weight is 521 g/mol. The molecule has 0 saturated carbocycles. The number of fused-ring (bicyclic) bond motifs is 2. The van der Waals surface area contributed by atoms with Crippen molar-refractivity contribution in [2.75, 3.05) is 0 Å². The summed E-state index contributed by atoms with van der Waals surface area (Å²) in [5.41, 5.74) is 11.8. The Kier molecular flexibility index (Phi) is 9.63. The topological polar surface area (TPSA) is 14.1 Å². The first-order valence-electron chi connectivity index (χ1n) is 11.1. The molecule has 1 atom stereocenters. The number of hydrogen-bond donors (Lipinski definition) is 0. The number of aryl methyl sites for hydroxylation is 3. The van der Waals surface area contributed by atoms with Crippen molar-refractivity contribution in [2.45, 2.75) is 40.2 Å². The molecule has 0 amide bonds. The van der Waals surface area contributed by atoms with E-state index in [1.165, 1.54) is 55.3 Å². The number of benzene rings is 4. The van der Waals surface area contributed by atoms with Gasteiger partial charge in [0.25, 0.3) is 0 Å². The standard InChI is InChI=1S/C30H28N.2ClH.Ti/c1-19-15-21(3)30(22(4)16-19)31-18-28-25-11-7-5-9-23(25)13-14-27(28)29-20(2)17-24-10-6-8-12-26(24)29;;;/h5-17,29H,18H2,1-4H3;2*1H;/q-1;;;+3/p-2. The molecular formula is C30H28Cl2NTi. The fraction of sp³-hybridized carbons (Fsp3) is 0.200.